The number of likely N-dealkylation sites (N-methyl/N-ethyl adjacent to an activating group) is 1. The Kier molecular flexibility index (Phi) is 4.80. The van der Waals surface area contributed by atoms with E-state index in [1.54, 1.807) is 0 Å². The zero-order chi connectivity index (χ0) is 13.0. The molecule has 0 amide bonds. The Balaban J connectivity index is 2.01. The van der Waals surface area contributed by atoms with E-state index in [2.05, 4.69) is 69.7 Å². The molecule has 0 saturated heterocycles. The molecule has 1 heterocycles. The maximum atomic E-state index is 3.50. The number of hydrogen-bond acceptors (Lipinski definition) is 2. The van der Waals surface area contributed by atoms with Gasteiger partial charge in [0, 0.05) is 40.2 Å². The van der Waals surface area contributed by atoms with Crippen LogP contribution in [0.5, 0.6) is 0 Å². The Morgan fingerprint density at radius 3 is 2.89 bits per heavy atom. The van der Waals surface area contributed by atoms with Crippen molar-refractivity contribution in [3.63, 3.8) is 0 Å². The van der Waals surface area contributed by atoms with Gasteiger partial charge in [-0.05, 0) is 37.7 Å². The van der Waals surface area contributed by atoms with Crippen molar-refractivity contribution in [1.82, 2.24) is 15.6 Å². The second-order valence-corrected chi connectivity index (χ2v) is 5.40. The Bertz CT molecular complexity index is 507. The summed E-state index contributed by atoms with van der Waals surface area (Å²) in [5.74, 6) is 0. The second kappa shape index (κ2) is 6.36. The molecule has 0 aliphatic rings. The van der Waals surface area contributed by atoms with Gasteiger partial charge in [0.2, 0.25) is 0 Å². The number of aromatic nitrogens is 1. The average molecular weight is 310 g/mol. The number of halogens is 1. The predicted octanol–water partition coefficient (Wildman–Crippen LogP) is 3.19. The van der Waals surface area contributed by atoms with Gasteiger partial charge >= 0.3 is 0 Å². The molecule has 98 valence electrons. The van der Waals surface area contributed by atoms with Crippen molar-refractivity contribution in [3.8, 4) is 0 Å². The number of hydrogen-bond donors (Lipinski definition) is 3. The van der Waals surface area contributed by atoms with Crippen molar-refractivity contribution in [2.45, 2.75) is 19.9 Å². The van der Waals surface area contributed by atoms with Crippen LogP contribution in [0.3, 0.4) is 0 Å². The van der Waals surface area contributed by atoms with E-state index in [1.165, 1.54) is 16.6 Å². The van der Waals surface area contributed by atoms with Crippen molar-refractivity contribution < 1.29 is 0 Å². The molecule has 0 radical (unpaired) electrons. The first-order valence-corrected chi connectivity index (χ1v) is 7.22. The molecule has 18 heavy (non-hydrogen) atoms. The molecular formula is C14H20BrN3. The third-order valence-electron chi connectivity index (χ3n) is 3.07. The summed E-state index contributed by atoms with van der Waals surface area (Å²) in [6, 6.07) is 8.86. The SMILES string of the molecule is CCNCCNC(C)c1cc2cc(Br)ccc2[nH]1. The van der Waals surface area contributed by atoms with E-state index in [4.69, 9.17) is 0 Å². The van der Waals surface area contributed by atoms with Crippen molar-refractivity contribution in [3.05, 3.63) is 34.4 Å². The zero-order valence-corrected chi connectivity index (χ0v) is 12.5. The van der Waals surface area contributed by atoms with Crippen LogP contribution in [-0.4, -0.2) is 24.6 Å². The monoisotopic (exact) mass is 309 g/mol. The van der Waals surface area contributed by atoms with Crippen molar-refractivity contribution in [2.75, 3.05) is 19.6 Å². The van der Waals surface area contributed by atoms with Gasteiger partial charge in [-0.3, -0.25) is 0 Å². The van der Waals surface area contributed by atoms with Gasteiger partial charge in [-0.25, -0.2) is 0 Å². The molecule has 1 unspecified atom stereocenters. The predicted molar refractivity (Wildman–Crippen MR) is 81.0 cm³/mol. The molecule has 1 atom stereocenters. The largest absolute Gasteiger partial charge is 0.357 e. The van der Waals surface area contributed by atoms with Gasteiger partial charge in [0.1, 0.15) is 0 Å². The molecule has 0 spiro atoms. The van der Waals surface area contributed by atoms with Crippen LogP contribution >= 0.6 is 15.9 Å². The molecular weight excluding hydrogens is 290 g/mol. The molecule has 2 rings (SSSR count). The summed E-state index contributed by atoms with van der Waals surface area (Å²) < 4.78 is 1.12. The van der Waals surface area contributed by atoms with Crippen LogP contribution in [-0.2, 0) is 0 Å². The number of nitrogens with one attached hydrogen (secondary N) is 3. The van der Waals surface area contributed by atoms with Crippen LogP contribution in [0.4, 0.5) is 0 Å². The third-order valence-corrected chi connectivity index (χ3v) is 3.57. The molecule has 4 heteroatoms. The minimum Gasteiger partial charge on any atom is -0.357 e. The maximum absolute atomic E-state index is 3.50. The Labute approximate surface area is 116 Å². The molecule has 1 aromatic heterocycles. The lowest BCUT2D eigenvalue weighted by Crippen LogP contribution is -2.29. The minimum atomic E-state index is 0.342. The fourth-order valence-corrected chi connectivity index (χ4v) is 2.40. The number of rotatable bonds is 6. The molecule has 3 N–H and O–H groups in total. The fourth-order valence-electron chi connectivity index (χ4n) is 2.02. The Hall–Kier alpha value is -0.840. The molecule has 0 saturated carbocycles. The van der Waals surface area contributed by atoms with Crippen LogP contribution in [0, 0.1) is 0 Å². The molecule has 0 aliphatic heterocycles. The highest BCUT2D eigenvalue weighted by Gasteiger charge is 2.08. The molecule has 0 fully saturated rings. The number of aromatic amines is 1. The number of H-pyrrole nitrogens is 1. The highest BCUT2D eigenvalue weighted by Crippen LogP contribution is 2.23. The highest BCUT2D eigenvalue weighted by molar-refractivity contribution is 9.10. The van der Waals surface area contributed by atoms with Gasteiger partial charge in [0.05, 0.1) is 0 Å². The van der Waals surface area contributed by atoms with Gasteiger partial charge in [-0.2, -0.15) is 0 Å². The average Bonchev–Trinajstić information content (AvgIpc) is 2.77. The summed E-state index contributed by atoms with van der Waals surface area (Å²) in [4.78, 5) is 3.46. The maximum Gasteiger partial charge on any atom is 0.0457 e. The van der Waals surface area contributed by atoms with E-state index < -0.39 is 0 Å². The first kappa shape index (κ1) is 13.6. The number of fused-ring (bicyclic) bond motifs is 1. The Morgan fingerprint density at radius 2 is 2.11 bits per heavy atom. The van der Waals surface area contributed by atoms with E-state index in [0.717, 1.165) is 24.1 Å². The highest BCUT2D eigenvalue weighted by atomic mass is 79.9. The van der Waals surface area contributed by atoms with Crippen LogP contribution in [0.2, 0.25) is 0 Å². The molecule has 0 aliphatic carbocycles. The summed E-state index contributed by atoms with van der Waals surface area (Å²) >= 11 is 3.50. The lowest BCUT2D eigenvalue weighted by molar-refractivity contribution is 0.545. The molecule has 0 bridgehead atoms. The van der Waals surface area contributed by atoms with Crippen molar-refractivity contribution in [1.29, 1.82) is 0 Å². The van der Waals surface area contributed by atoms with Crippen molar-refractivity contribution in [2.24, 2.45) is 0 Å². The van der Waals surface area contributed by atoms with E-state index in [-0.39, 0.29) is 0 Å². The fraction of sp³-hybridized carbons (Fsp3) is 0.429. The van der Waals surface area contributed by atoms with E-state index in [0.29, 0.717) is 6.04 Å². The second-order valence-electron chi connectivity index (χ2n) is 4.49. The summed E-state index contributed by atoms with van der Waals surface area (Å²) in [6.07, 6.45) is 0. The normalized spacial score (nSPS) is 13.1. The first-order chi connectivity index (χ1) is 8.70. The van der Waals surface area contributed by atoms with Crippen molar-refractivity contribution >= 4 is 26.8 Å². The quantitative estimate of drug-likeness (QED) is 0.717. The summed E-state index contributed by atoms with van der Waals surface area (Å²) in [5.41, 5.74) is 2.42. The van der Waals surface area contributed by atoms with Crippen LogP contribution in [0.25, 0.3) is 10.9 Å². The third kappa shape index (κ3) is 3.34. The molecule has 3 nitrogen and oxygen atoms in total. The minimum absolute atomic E-state index is 0.342. The van der Waals surface area contributed by atoms with Crippen LogP contribution < -0.4 is 10.6 Å². The van der Waals surface area contributed by atoms with Gasteiger partial charge < -0.3 is 15.6 Å². The number of benzene rings is 1. The van der Waals surface area contributed by atoms with E-state index >= 15 is 0 Å². The molecule has 1 aromatic carbocycles. The lowest BCUT2D eigenvalue weighted by atomic mass is 10.2. The topological polar surface area (TPSA) is 39.8 Å². The van der Waals surface area contributed by atoms with Gasteiger partial charge in [0.15, 0.2) is 0 Å². The standard InChI is InChI=1S/C14H20BrN3/c1-3-16-6-7-17-10(2)14-9-11-8-12(15)4-5-13(11)18-14/h4-5,8-10,16-18H,3,6-7H2,1-2H3. The lowest BCUT2D eigenvalue weighted by Gasteiger charge is -2.12. The van der Waals surface area contributed by atoms with Gasteiger partial charge in [-0.1, -0.05) is 22.9 Å². The molecule has 2 aromatic rings. The van der Waals surface area contributed by atoms with Gasteiger partial charge in [0.25, 0.3) is 0 Å². The summed E-state index contributed by atoms with van der Waals surface area (Å²) in [5, 5.41) is 8.06. The van der Waals surface area contributed by atoms with E-state index in [1.807, 2.05) is 0 Å². The first-order valence-electron chi connectivity index (χ1n) is 6.43. The smallest absolute Gasteiger partial charge is 0.0457 e. The van der Waals surface area contributed by atoms with Gasteiger partial charge in [-0.15, -0.1) is 0 Å². The van der Waals surface area contributed by atoms with E-state index in [9.17, 15) is 0 Å². The zero-order valence-electron chi connectivity index (χ0n) is 10.9. The Morgan fingerprint density at radius 1 is 1.28 bits per heavy atom. The van der Waals surface area contributed by atoms with Crippen LogP contribution in [0.15, 0.2) is 28.7 Å². The summed E-state index contributed by atoms with van der Waals surface area (Å²) in [6.45, 7) is 7.32. The summed E-state index contributed by atoms with van der Waals surface area (Å²) in [7, 11) is 0. The van der Waals surface area contributed by atoms with Crippen LogP contribution in [0.1, 0.15) is 25.6 Å².